The molecule has 8 nitrogen and oxygen atoms in total. The molecule has 110 valence electrons. The van der Waals surface area contributed by atoms with Crippen LogP contribution in [-0.4, -0.2) is 29.7 Å². The van der Waals surface area contributed by atoms with Crippen LogP contribution in [0.4, 0.5) is 5.69 Å². The maximum Gasteiger partial charge on any atom is 0.307 e. The number of aromatic hydroxyl groups is 1. The molecule has 0 aliphatic heterocycles. The number of nitro benzene ring substituents is 1. The summed E-state index contributed by atoms with van der Waals surface area (Å²) in [5.41, 5.74) is 5.56. The van der Waals surface area contributed by atoms with E-state index in [2.05, 4.69) is 0 Å². The number of nitrogens with zero attached hydrogens (tertiary/aromatic N) is 1. The standard InChI is InChI=1S/C12H16N2O6/c1-3-20-11(15)6-9(13)8-4-7(14(17)18)5-10(19-2)12(8)16/h4-5,9,16H,3,6,13H2,1-2H3/t9-/m0/s1. The van der Waals surface area contributed by atoms with Crippen LogP contribution in [0.15, 0.2) is 12.1 Å². The summed E-state index contributed by atoms with van der Waals surface area (Å²) in [5, 5.41) is 20.7. The Bertz CT molecular complexity index is 517. The number of esters is 1. The van der Waals surface area contributed by atoms with Gasteiger partial charge in [-0.3, -0.25) is 14.9 Å². The number of ether oxygens (including phenoxy) is 2. The average molecular weight is 284 g/mol. The molecular formula is C12H16N2O6. The number of carbonyl (C=O) groups is 1. The van der Waals surface area contributed by atoms with Gasteiger partial charge in [0.25, 0.3) is 5.69 Å². The Balaban J connectivity index is 3.12. The molecule has 1 atom stereocenters. The summed E-state index contributed by atoms with van der Waals surface area (Å²) in [6, 6.07) is 1.26. The fourth-order valence-corrected chi connectivity index (χ4v) is 1.67. The van der Waals surface area contributed by atoms with Crippen LogP contribution in [-0.2, 0) is 9.53 Å². The third kappa shape index (κ3) is 3.58. The zero-order chi connectivity index (χ0) is 15.3. The fourth-order valence-electron chi connectivity index (χ4n) is 1.67. The molecule has 0 aliphatic carbocycles. The highest BCUT2D eigenvalue weighted by Crippen LogP contribution is 2.37. The topological polar surface area (TPSA) is 125 Å². The summed E-state index contributed by atoms with van der Waals surface area (Å²) >= 11 is 0. The van der Waals surface area contributed by atoms with Crippen LogP contribution in [0, 0.1) is 10.1 Å². The van der Waals surface area contributed by atoms with Crippen molar-refractivity contribution in [2.24, 2.45) is 5.73 Å². The van der Waals surface area contributed by atoms with Crippen molar-refractivity contribution in [3.8, 4) is 11.5 Å². The fraction of sp³-hybridized carbons (Fsp3) is 0.417. The Hall–Kier alpha value is -2.35. The van der Waals surface area contributed by atoms with Crippen molar-refractivity contribution in [3.63, 3.8) is 0 Å². The van der Waals surface area contributed by atoms with Crippen LogP contribution in [0.1, 0.15) is 24.9 Å². The Labute approximate surface area is 115 Å². The van der Waals surface area contributed by atoms with E-state index in [-0.39, 0.29) is 35.8 Å². The van der Waals surface area contributed by atoms with Crippen molar-refractivity contribution in [2.45, 2.75) is 19.4 Å². The molecule has 0 amide bonds. The second-order valence-corrected chi connectivity index (χ2v) is 3.96. The van der Waals surface area contributed by atoms with E-state index in [1.807, 2.05) is 0 Å². The molecule has 8 heteroatoms. The first kappa shape index (κ1) is 15.7. The molecule has 0 aromatic heterocycles. The minimum atomic E-state index is -0.928. The molecule has 0 unspecified atom stereocenters. The second kappa shape index (κ2) is 6.71. The third-order valence-electron chi connectivity index (χ3n) is 2.61. The van der Waals surface area contributed by atoms with E-state index in [0.717, 1.165) is 12.1 Å². The molecule has 0 fully saturated rings. The first-order chi connectivity index (χ1) is 9.40. The first-order valence-corrected chi connectivity index (χ1v) is 5.87. The Morgan fingerprint density at radius 2 is 2.20 bits per heavy atom. The number of benzene rings is 1. The number of nitrogens with two attached hydrogens (primary N) is 1. The van der Waals surface area contributed by atoms with Crippen molar-refractivity contribution in [1.29, 1.82) is 0 Å². The van der Waals surface area contributed by atoms with E-state index in [0.29, 0.717) is 0 Å². The number of hydrogen-bond donors (Lipinski definition) is 2. The highest BCUT2D eigenvalue weighted by Gasteiger charge is 2.23. The minimum Gasteiger partial charge on any atom is -0.504 e. The smallest absolute Gasteiger partial charge is 0.307 e. The monoisotopic (exact) mass is 284 g/mol. The van der Waals surface area contributed by atoms with Gasteiger partial charge >= 0.3 is 5.97 Å². The average Bonchev–Trinajstić information content (AvgIpc) is 2.38. The predicted molar refractivity (Wildman–Crippen MR) is 69.5 cm³/mol. The summed E-state index contributed by atoms with van der Waals surface area (Å²) < 4.78 is 9.60. The minimum absolute atomic E-state index is 0.0594. The quantitative estimate of drug-likeness (QED) is 0.457. The predicted octanol–water partition coefficient (Wildman–Crippen LogP) is 1.26. The van der Waals surface area contributed by atoms with E-state index in [9.17, 15) is 20.0 Å². The highest BCUT2D eigenvalue weighted by molar-refractivity contribution is 5.71. The Kier molecular flexibility index (Phi) is 5.27. The van der Waals surface area contributed by atoms with E-state index in [4.69, 9.17) is 15.2 Å². The van der Waals surface area contributed by atoms with Crippen LogP contribution in [0.3, 0.4) is 0 Å². The second-order valence-electron chi connectivity index (χ2n) is 3.96. The van der Waals surface area contributed by atoms with E-state index < -0.39 is 16.9 Å². The molecule has 1 aromatic rings. The van der Waals surface area contributed by atoms with Crippen LogP contribution in [0.25, 0.3) is 0 Å². The lowest BCUT2D eigenvalue weighted by Gasteiger charge is -2.14. The molecule has 20 heavy (non-hydrogen) atoms. The summed E-state index contributed by atoms with van der Waals surface area (Å²) in [6.07, 6.45) is -0.203. The molecule has 0 spiro atoms. The summed E-state index contributed by atoms with van der Waals surface area (Å²) in [6.45, 7) is 1.85. The summed E-state index contributed by atoms with van der Waals surface area (Å²) in [4.78, 5) is 21.5. The van der Waals surface area contributed by atoms with Gasteiger partial charge in [-0.05, 0) is 6.92 Å². The molecule has 0 saturated heterocycles. The number of rotatable bonds is 6. The summed E-state index contributed by atoms with van der Waals surface area (Å²) in [5.74, 6) is -0.951. The van der Waals surface area contributed by atoms with Crippen molar-refractivity contribution in [2.75, 3.05) is 13.7 Å². The number of nitro groups is 1. The first-order valence-electron chi connectivity index (χ1n) is 5.87. The SMILES string of the molecule is CCOC(=O)C[C@H](N)c1cc([N+](=O)[O-])cc(OC)c1O. The van der Waals surface area contributed by atoms with Gasteiger partial charge in [-0.25, -0.2) is 0 Å². The van der Waals surface area contributed by atoms with Crippen molar-refractivity contribution in [1.82, 2.24) is 0 Å². The van der Waals surface area contributed by atoms with E-state index >= 15 is 0 Å². The molecule has 1 aromatic carbocycles. The van der Waals surface area contributed by atoms with Crippen molar-refractivity contribution in [3.05, 3.63) is 27.8 Å². The molecule has 1 rings (SSSR count). The van der Waals surface area contributed by atoms with Gasteiger partial charge in [-0.2, -0.15) is 0 Å². The number of carbonyl (C=O) groups excluding carboxylic acids is 1. The Morgan fingerprint density at radius 3 is 2.70 bits per heavy atom. The van der Waals surface area contributed by atoms with Gasteiger partial charge in [-0.1, -0.05) is 0 Å². The van der Waals surface area contributed by atoms with Gasteiger partial charge < -0.3 is 20.3 Å². The van der Waals surface area contributed by atoms with Crippen LogP contribution in [0.2, 0.25) is 0 Å². The lowest BCUT2D eigenvalue weighted by Crippen LogP contribution is -2.17. The maximum atomic E-state index is 11.4. The van der Waals surface area contributed by atoms with Crippen LogP contribution in [0.5, 0.6) is 11.5 Å². The van der Waals surface area contributed by atoms with Gasteiger partial charge in [0, 0.05) is 17.7 Å². The van der Waals surface area contributed by atoms with E-state index in [1.165, 1.54) is 7.11 Å². The van der Waals surface area contributed by atoms with Gasteiger partial charge in [0.15, 0.2) is 11.5 Å². The number of non-ortho nitro benzene ring substituents is 1. The van der Waals surface area contributed by atoms with Gasteiger partial charge in [-0.15, -0.1) is 0 Å². The number of methoxy groups -OCH3 is 1. The molecule has 3 N–H and O–H groups in total. The number of hydrogen-bond acceptors (Lipinski definition) is 7. The summed E-state index contributed by atoms with van der Waals surface area (Å²) in [7, 11) is 1.26. The van der Waals surface area contributed by atoms with Gasteiger partial charge in [0.2, 0.25) is 0 Å². The molecule has 0 bridgehead atoms. The Morgan fingerprint density at radius 1 is 1.55 bits per heavy atom. The third-order valence-corrected chi connectivity index (χ3v) is 2.61. The number of phenols is 1. The van der Waals surface area contributed by atoms with Crippen LogP contribution < -0.4 is 10.5 Å². The molecule has 0 radical (unpaired) electrons. The normalized spacial score (nSPS) is 11.8. The zero-order valence-electron chi connectivity index (χ0n) is 11.2. The number of phenolic OH excluding ortho intramolecular Hbond substituents is 1. The molecule has 0 aliphatic rings. The molecule has 0 heterocycles. The van der Waals surface area contributed by atoms with E-state index in [1.54, 1.807) is 6.92 Å². The molecular weight excluding hydrogens is 268 g/mol. The lowest BCUT2D eigenvalue weighted by molar-refractivity contribution is -0.385. The van der Waals surface area contributed by atoms with Crippen LogP contribution >= 0.6 is 0 Å². The highest BCUT2D eigenvalue weighted by atomic mass is 16.6. The zero-order valence-corrected chi connectivity index (χ0v) is 11.2. The van der Waals surface area contributed by atoms with Crippen molar-refractivity contribution >= 4 is 11.7 Å². The van der Waals surface area contributed by atoms with Gasteiger partial charge in [0.1, 0.15) is 0 Å². The van der Waals surface area contributed by atoms with Gasteiger partial charge in [0.05, 0.1) is 31.1 Å². The lowest BCUT2D eigenvalue weighted by atomic mass is 10.0. The largest absolute Gasteiger partial charge is 0.504 e. The maximum absolute atomic E-state index is 11.4. The molecule has 0 saturated carbocycles. The van der Waals surface area contributed by atoms with Crippen molar-refractivity contribution < 1.29 is 24.3 Å².